The summed E-state index contributed by atoms with van der Waals surface area (Å²) in [4.78, 5) is 29.8. The molecule has 1 aliphatic carbocycles. The van der Waals surface area contributed by atoms with E-state index in [0.29, 0.717) is 33.8 Å². The van der Waals surface area contributed by atoms with Gasteiger partial charge in [-0.25, -0.2) is 0 Å². The first-order valence-electron chi connectivity index (χ1n) is 14.9. The Balaban J connectivity index is 1.25. The van der Waals surface area contributed by atoms with Gasteiger partial charge in [0.05, 0.1) is 6.54 Å². The van der Waals surface area contributed by atoms with Crippen LogP contribution < -0.4 is 5.32 Å². The average molecular weight is 591 g/mol. The normalized spacial score (nSPS) is 20.6. The number of hydrogen-bond acceptors (Lipinski definition) is 4. The summed E-state index contributed by atoms with van der Waals surface area (Å²) in [6.45, 7) is 3.42. The molecule has 0 spiro atoms. The molecule has 7 heteroatoms. The number of halogens is 2. The molecule has 1 amide bonds. The van der Waals surface area contributed by atoms with Crippen molar-refractivity contribution in [2.75, 3.05) is 31.5 Å². The highest BCUT2D eigenvalue weighted by Gasteiger charge is 2.37. The van der Waals surface area contributed by atoms with E-state index in [2.05, 4.69) is 39.4 Å². The van der Waals surface area contributed by atoms with E-state index in [4.69, 9.17) is 23.2 Å². The molecule has 5 nitrogen and oxygen atoms in total. The second-order valence-corrected chi connectivity index (χ2v) is 12.7. The van der Waals surface area contributed by atoms with Gasteiger partial charge in [0.1, 0.15) is 6.29 Å². The van der Waals surface area contributed by atoms with Crippen LogP contribution in [0.25, 0.3) is 11.1 Å². The van der Waals surface area contributed by atoms with Crippen LogP contribution in [0.1, 0.15) is 66.1 Å². The summed E-state index contributed by atoms with van der Waals surface area (Å²) in [6, 6.07) is 20.6. The number of amides is 1. The SMILES string of the molecule is O=Cc1cccc(-c2ccc3c(c2)CCN(CC(=O)Nc2cc(Cl)cc(Cl)c2)C3C2CCN(C3CCCC3)CC2)c1. The lowest BCUT2D eigenvalue weighted by Gasteiger charge is -2.45. The van der Waals surface area contributed by atoms with E-state index in [9.17, 15) is 9.59 Å². The molecule has 1 saturated heterocycles. The molecule has 1 N–H and O–H groups in total. The van der Waals surface area contributed by atoms with Crippen molar-refractivity contribution in [1.29, 1.82) is 0 Å². The van der Waals surface area contributed by atoms with Gasteiger partial charge < -0.3 is 10.2 Å². The van der Waals surface area contributed by atoms with Crippen molar-refractivity contribution in [2.45, 2.75) is 57.0 Å². The summed E-state index contributed by atoms with van der Waals surface area (Å²) in [7, 11) is 0. The Morgan fingerprint density at radius 2 is 1.61 bits per heavy atom. The van der Waals surface area contributed by atoms with Gasteiger partial charge in [-0.05, 0) is 97.6 Å². The Morgan fingerprint density at radius 3 is 2.34 bits per heavy atom. The van der Waals surface area contributed by atoms with E-state index >= 15 is 0 Å². The first kappa shape index (κ1) is 28.4. The monoisotopic (exact) mass is 589 g/mol. The molecule has 3 aliphatic rings. The van der Waals surface area contributed by atoms with Gasteiger partial charge >= 0.3 is 0 Å². The number of fused-ring (bicyclic) bond motifs is 1. The third kappa shape index (κ3) is 6.54. The Hall–Kier alpha value is -2.70. The molecule has 41 heavy (non-hydrogen) atoms. The molecule has 0 aromatic heterocycles. The zero-order chi connectivity index (χ0) is 28.3. The van der Waals surface area contributed by atoms with E-state index < -0.39 is 0 Å². The molecule has 2 aliphatic heterocycles. The molecule has 0 radical (unpaired) electrons. The van der Waals surface area contributed by atoms with Gasteiger partial charge in [-0.1, -0.05) is 72.4 Å². The van der Waals surface area contributed by atoms with E-state index in [-0.39, 0.29) is 11.9 Å². The van der Waals surface area contributed by atoms with Crippen molar-refractivity contribution in [3.05, 3.63) is 87.4 Å². The maximum Gasteiger partial charge on any atom is 0.238 e. The zero-order valence-electron chi connectivity index (χ0n) is 23.3. The van der Waals surface area contributed by atoms with E-state index in [1.165, 1.54) is 36.8 Å². The first-order valence-corrected chi connectivity index (χ1v) is 15.6. The van der Waals surface area contributed by atoms with Gasteiger partial charge in [-0.15, -0.1) is 0 Å². The van der Waals surface area contributed by atoms with Crippen LogP contribution in [0.4, 0.5) is 5.69 Å². The minimum atomic E-state index is -0.0533. The van der Waals surface area contributed by atoms with Crippen LogP contribution in [-0.4, -0.2) is 54.2 Å². The minimum absolute atomic E-state index is 0.0533. The Bertz CT molecular complexity index is 1390. The first-order chi connectivity index (χ1) is 20.0. The highest BCUT2D eigenvalue weighted by Crippen LogP contribution is 2.42. The Labute approximate surface area is 252 Å². The molecule has 0 bridgehead atoms. The van der Waals surface area contributed by atoms with E-state index in [1.54, 1.807) is 18.2 Å². The molecule has 6 rings (SSSR count). The third-order valence-electron chi connectivity index (χ3n) is 9.23. The van der Waals surface area contributed by atoms with E-state index in [0.717, 1.165) is 62.4 Å². The summed E-state index contributed by atoms with van der Waals surface area (Å²) in [6.07, 6.45) is 9.46. The Morgan fingerprint density at radius 1 is 0.878 bits per heavy atom. The van der Waals surface area contributed by atoms with Gasteiger partial charge in [-0.2, -0.15) is 0 Å². The van der Waals surface area contributed by atoms with Gasteiger partial charge in [0.2, 0.25) is 5.91 Å². The second kappa shape index (κ2) is 12.7. The van der Waals surface area contributed by atoms with Crippen molar-refractivity contribution >= 4 is 41.1 Å². The van der Waals surface area contributed by atoms with Crippen LogP contribution in [0.15, 0.2) is 60.7 Å². The van der Waals surface area contributed by atoms with Crippen LogP contribution in [0, 0.1) is 5.92 Å². The van der Waals surface area contributed by atoms with Gasteiger partial charge in [0.25, 0.3) is 0 Å². The highest BCUT2D eigenvalue weighted by molar-refractivity contribution is 6.35. The van der Waals surface area contributed by atoms with Crippen molar-refractivity contribution < 1.29 is 9.59 Å². The predicted octanol–water partition coefficient (Wildman–Crippen LogP) is 7.67. The molecule has 1 saturated carbocycles. The van der Waals surface area contributed by atoms with Crippen LogP contribution in [0.2, 0.25) is 10.0 Å². The number of anilines is 1. The predicted molar refractivity (Wildman–Crippen MR) is 167 cm³/mol. The fourth-order valence-electron chi connectivity index (χ4n) is 7.29. The van der Waals surface area contributed by atoms with Crippen LogP contribution >= 0.6 is 23.2 Å². The molecular formula is C34H37Cl2N3O2. The fourth-order valence-corrected chi connectivity index (χ4v) is 7.82. The number of hydrogen-bond donors (Lipinski definition) is 1. The summed E-state index contributed by atoms with van der Waals surface area (Å²) in [5, 5.41) is 4.02. The van der Waals surface area contributed by atoms with Crippen LogP contribution in [0.5, 0.6) is 0 Å². The molecule has 2 heterocycles. The van der Waals surface area contributed by atoms with Crippen molar-refractivity contribution in [3.8, 4) is 11.1 Å². The molecule has 3 aromatic carbocycles. The standard InChI is InChI=1S/C34H37Cl2N3O2/c35-28-18-29(36)20-30(19-28)37-33(41)21-39-15-12-27-17-26(25-5-3-4-23(16-25)22-40)8-9-32(27)34(39)24-10-13-38(14-11-24)31-6-1-2-7-31/h3-5,8-9,16-20,22,24,31,34H,1-2,6-7,10-15,21H2,(H,37,41). The van der Waals surface area contributed by atoms with Crippen LogP contribution in [-0.2, 0) is 11.2 Å². The smallest absolute Gasteiger partial charge is 0.238 e. The maximum absolute atomic E-state index is 13.3. The quantitative estimate of drug-likeness (QED) is 0.287. The number of benzene rings is 3. The fraction of sp³-hybridized carbons (Fsp3) is 0.412. The van der Waals surface area contributed by atoms with Gasteiger partial charge in [-0.3, -0.25) is 14.5 Å². The van der Waals surface area contributed by atoms with Gasteiger partial charge in [0.15, 0.2) is 0 Å². The number of carbonyl (C=O) groups excluding carboxylic acids is 2. The molecule has 1 unspecified atom stereocenters. The number of likely N-dealkylation sites (tertiary alicyclic amines) is 1. The minimum Gasteiger partial charge on any atom is -0.325 e. The summed E-state index contributed by atoms with van der Waals surface area (Å²) in [5.74, 6) is 0.437. The number of piperidine rings is 1. The third-order valence-corrected chi connectivity index (χ3v) is 9.67. The number of nitrogens with zero attached hydrogens (tertiary/aromatic N) is 2. The summed E-state index contributed by atoms with van der Waals surface area (Å²) >= 11 is 12.3. The molecule has 1 atom stereocenters. The lowest BCUT2D eigenvalue weighted by Crippen LogP contribution is -2.47. The van der Waals surface area contributed by atoms with Crippen molar-refractivity contribution in [3.63, 3.8) is 0 Å². The highest BCUT2D eigenvalue weighted by atomic mass is 35.5. The number of nitrogens with one attached hydrogen (secondary N) is 1. The lowest BCUT2D eigenvalue weighted by atomic mass is 9.79. The molecule has 3 aromatic rings. The number of rotatable bonds is 7. The lowest BCUT2D eigenvalue weighted by molar-refractivity contribution is -0.118. The van der Waals surface area contributed by atoms with Crippen molar-refractivity contribution in [2.24, 2.45) is 5.92 Å². The number of carbonyl (C=O) groups is 2. The van der Waals surface area contributed by atoms with Crippen molar-refractivity contribution in [1.82, 2.24) is 9.80 Å². The van der Waals surface area contributed by atoms with Crippen LogP contribution in [0.3, 0.4) is 0 Å². The largest absolute Gasteiger partial charge is 0.325 e. The van der Waals surface area contributed by atoms with E-state index in [1.807, 2.05) is 18.2 Å². The topological polar surface area (TPSA) is 52.7 Å². The maximum atomic E-state index is 13.3. The summed E-state index contributed by atoms with van der Waals surface area (Å²) in [5.41, 5.74) is 6.18. The second-order valence-electron chi connectivity index (χ2n) is 11.8. The molecule has 214 valence electrons. The average Bonchev–Trinajstić information content (AvgIpc) is 3.52. The Kier molecular flexibility index (Phi) is 8.78. The number of aldehydes is 1. The zero-order valence-corrected chi connectivity index (χ0v) is 24.8. The molecule has 2 fully saturated rings. The summed E-state index contributed by atoms with van der Waals surface area (Å²) < 4.78 is 0. The molecular weight excluding hydrogens is 553 g/mol. The van der Waals surface area contributed by atoms with Gasteiger partial charge in [0, 0.05) is 39.9 Å².